The minimum Gasteiger partial charge on any atom is -0.478 e. The van der Waals surface area contributed by atoms with E-state index in [1.807, 2.05) is 0 Å². The van der Waals surface area contributed by atoms with Gasteiger partial charge in [0.25, 0.3) is 6.43 Å². The average molecular weight is 202 g/mol. The molecule has 1 aromatic heterocycles. The molecule has 0 bridgehead atoms. The van der Waals surface area contributed by atoms with Gasteiger partial charge in [0.15, 0.2) is 0 Å². The van der Waals surface area contributed by atoms with E-state index in [2.05, 4.69) is 5.10 Å². The molecule has 1 rings (SSSR count). The maximum absolute atomic E-state index is 11.9. The third-order valence-electron chi connectivity index (χ3n) is 1.40. The van der Waals surface area contributed by atoms with Crippen molar-refractivity contribution in [2.75, 3.05) is 0 Å². The van der Waals surface area contributed by atoms with E-state index in [9.17, 15) is 13.6 Å². The van der Waals surface area contributed by atoms with Crippen molar-refractivity contribution >= 4 is 12.0 Å². The maximum Gasteiger partial charge on any atom is 0.328 e. The second-order valence-corrected chi connectivity index (χ2v) is 2.56. The van der Waals surface area contributed by atoms with Crippen molar-refractivity contribution in [3.8, 4) is 0 Å². The molecule has 1 aromatic rings. The fourth-order valence-corrected chi connectivity index (χ4v) is 0.874. The van der Waals surface area contributed by atoms with E-state index in [4.69, 9.17) is 5.11 Å². The molecule has 0 saturated carbocycles. The number of alkyl halides is 2. The van der Waals surface area contributed by atoms with Crippen LogP contribution in [0.3, 0.4) is 0 Å². The molecule has 4 nitrogen and oxygen atoms in total. The Morgan fingerprint density at radius 1 is 1.71 bits per heavy atom. The van der Waals surface area contributed by atoms with Gasteiger partial charge in [0, 0.05) is 17.8 Å². The number of aliphatic carboxylic acids is 1. The van der Waals surface area contributed by atoms with Gasteiger partial charge in [-0.1, -0.05) is 0 Å². The summed E-state index contributed by atoms with van der Waals surface area (Å²) < 4.78 is 24.8. The third kappa shape index (κ3) is 3.34. The quantitative estimate of drug-likeness (QED) is 0.747. The molecule has 1 N–H and O–H groups in total. The minimum atomic E-state index is -2.47. The largest absolute Gasteiger partial charge is 0.478 e. The third-order valence-corrected chi connectivity index (χ3v) is 1.40. The van der Waals surface area contributed by atoms with Gasteiger partial charge in [-0.25, -0.2) is 13.6 Å². The summed E-state index contributed by atoms with van der Waals surface area (Å²) in [5.41, 5.74) is 0.480. The normalized spacial score (nSPS) is 11.4. The van der Waals surface area contributed by atoms with Gasteiger partial charge in [-0.3, -0.25) is 4.68 Å². The number of aromatic nitrogens is 2. The van der Waals surface area contributed by atoms with Gasteiger partial charge in [0.05, 0.1) is 6.20 Å². The van der Waals surface area contributed by atoms with E-state index in [0.717, 1.165) is 10.8 Å². The lowest BCUT2D eigenvalue weighted by molar-refractivity contribution is -0.131. The van der Waals surface area contributed by atoms with E-state index in [-0.39, 0.29) is 0 Å². The predicted molar refractivity (Wildman–Crippen MR) is 44.9 cm³/mol. The monoisotopic (exact) mass is 202 g/mol. The van der Waals surface area contributed by atoms with Gasteiger partial charge < -0.3 is 5.11 Å². The number of halogens is 2. The highest BCUT2D eigenvalue weighted by Crippen LogP contribution is 2.03. The Hall–Kier alpha value is -1.72. The van der Waals surface area contributed by atoms with E-state index >= 15 is 0 Å². The van der Waals surface area contributed by atoms with Crippen LogP contribution in [0.2, 0.25) is 0 Å². The first kappa shape index (κ1) is 10.4. The van der Waals surface area contributed by atoms with Crippen molar-refractivity contribution in [1.82, 2.24) is 9.78 Å². The van der Waals surface area contributed by atoms with Crippen LogP contribution < -0.4 is 0 Å². The van der Waals surface area contributed by atoms with Crippen LogP contribution in [0.1, 0.15) is 5.56 Å². The lowest BCUT2D eigenvalue weighted by Gasteiger charge is -1.97. The van der Waals surface area contributed by atoms with Gasteiger partial charge in [-0.2, -0.15) is 5.10 Å². The summed E-state index contributed by atoms with van der Waals surface area (Å²) in [7, 11) is 0. The summed E-state index contributed by atoms with van der Waals surface area (Å²) in [6.07, 6.45) is 2.42. The van der Waals surface area contributed by atoms with Crippen molar-refractivity contribution in [1.29, 1.82) is 0 Å². The molecule has 0 unspecified atom stereocenters. The first-order valence-electron chi connectivity index (χ1n) is 3.79. The average Bonchev–Trinajstić information content (AvgIpc) is 2.47. The molecule has 0 fully saturated rings. The number of carboxylic acid groups (broad SMARTS) is 1. The van der Waals surface area contributed by atoms with Gasteiger partial charge in [0.1, 0.15) is 6.54 Å². The molecular weight excluding hydrogens is 194 g/mol. The zero-order chi connectivity index (χ0) is 10.6. The first-order chi connectivity index (χ1) is 6.58. The first-order valence-corrected chi connectivity index (χ1v) is 3.79. The van der Waals surface area contributed by atoms with E-state index in [1.165, 1.54) is 18.5 Å². The van der Waals surface area contributed by atoms with Gasteiger partial charge in [-0.05, 0) is 6.08 Å². The second kappa shape index (κ2) is 4.50. The molecule has 0 radical (unpaired) electrons. The summed E-state index contributed by atoms with van der Waals surface area (Å²) in [6, 6.07) is 0. The molecule has 14 heavy (non-hydrogen) atoms. The standard InChI is InChI=1S/C8H8F2N2O2/c9-7(10)5-12-4-6(3-11-12)1-2-8(13)14/h1-4,7H,5H2,(H,13,14). The Kier molecular flexibility index (Phi) is 3.33. The van der Waals surface area contributed by atoms with Crippen LogP contribution >= 0.6 is 0 Å². The fraction of sp³-hybridized carbons (Fsp3) is 0.250. The SMILES string of the molecule is O=C(O)C=Cc1cnn(CC(F)F)c1. The number of hydrogen-bond donors (Lipinski definition) is 1. The van der Waals surface area contributed by atoms with Crippen molar-refractivity contribution in [3.05, 3.63) is 24.0 Å². The molecule has 76 valence electrons. The molecule has 0 aliphatic heterocycles. The van der Waals surface area contributed by atoms with Crippen LogP contribution in [0, 0.1) is 0 Å². The Labute approximate surface area is 78.5 Å². The molecule has 0 aromatic carbocycles. The number of nitrogens with zero attached hydrogens (tertiary/aromatic N) is 2. The van der Waals surface area contributed by atoms with E-state index in [1.54, 1.807) is 0 Å². The summed E-state index contributed by atoms with van der Waals surface area (Å²) >= 11 is 0. The van der Waals surface area contributed by atoms with Crippen LogP contribution in [-0.4, -0.2) is 27.3 Å². The van der Waals surface area contributed by atoms with Crippen LogP contribution in [0.25, 0.3) is 6.08 Å². The summed E-state index contributed by atoms with van der Waals surface area (Å²) in [4.78, 5) is 10.1. The van der Waals surface area contributed by atoms with Crippen molar-refractivity contribution in [2.24, 2.45) is 0 Å². The Morgan fingerprint density at radius 2 is 2.43 bits per heavy atom. The topological polar surface area (TPSA) is 55.1 Å². The lowest BCUT2D eigenvalue weighted by atomic mass is 10.3. The lowest BCUT2D eigenvalue weighted by Crippen LogP contribution is -2.06. The summed E-state index contributed by atoms with van der Waals surface area (Å²) in [5, 5.41) is 11.9. The number of carboxylic acids is 1. The molecular formula is C8H8F2N2O2. The number of carbonyl (C=O) groups is 1. The Balaban J connectivity index is 2.63. The molecule has 0 saturated heterocycles. The smallest absolute Gasteiger partial charge is 0.328 e. The molecule has 0 aliphatic rings. The van der Waals surface area contributed by atoms with Gasteiger partial charge >= 0.3 is 5.97 Å². The predicted octanol–water partition coefficient (Wildman–Crippen LogP) is 1.25. The van der Waals surface area contributed by atoms with Crippen LogP contribution in [0.15, 0.2) is 18.5 Å². The van der Waals surface area contributed by atoms with Gasteiger partial charge in [-0.15, -0.1) is 0 Å². The molecule has 6 heteroatoms. The second-order valence-electron chi connectivity index (χ2n) is 2.56. The van der Waals surface area contributed by atoms with Gasteiger partial charge in [0.2, 0.25) is 0 Å². The zero-order valence-corrected chi connectivity index (χ0v) is 7.10. The van der Waals surface area contributed by atoms with Crippen LogP contribution in [0.5, 0.6) is 0 Å². The highest BCUT2D eigenvalue weighted by Gasteiger charge is 2.04. The molecule has 0 spiro atoms. The van der Waals surface area contributed by atoms with E-state index < -0.39 is 18.9 Å². The molecule has 0 aliphatic carbocycles. The number of rotatable bonds is 4. The fourth-order valence-electron chi connectivity index (χ4n) is 0.874. The summed E-state index contributed by atoms with van der Waals surface area (Å²) in [6.45, 7) is -0.485. The van der Waals surface area contributed by atoms with Crippen LogP contribution in [-0.2, 0) is 11.3 Å². The number of hydrogen-bond acceptors (Lipinski definition) is 2. The highest BCUT2D eigenvalue weighted by atomic mass is 19.3. The van der Waals surface area contributed by atoms with Crippen molar-refractivity contribution < 1.29 is 18.7 Å². The van der Waals surface area contributed by atoms with Crippen LogP contribution in [0.4, 0.5) is 8.78 Å². The Morgan fingerprint density at radius 3 is 3.00 bits per heavy atom. The van der Waals surface area contributed by atoms with Crippen molar-refractivity contribution in [3.63, 3.8) is 0 Å². The van der Waals surface area contributed by atoms with E-state index in [0.29, 0.717) is 5.56 Å². The summed E-state index contributed by atoms with van der Waals surface area (Å²) in [5.74, 6) is -1.09. The maximum atomic E-state index is 11.9. The Bertz CT molecular complexity index is 347. The zero-order valence-electron chi connectivity index (χ0n) is 7.10. The minimum absolute atomic E-state index is 0.480. The molecule has 1 heterocycles. The molecule has 0 amide bonds. The highest BCUT2D eigenvalue weighted by molar-refractivity contribution is 5.85. The molecule has 0 atom stereocenters. The van der Waals surface area contributed by atoms with Crippen molar-refractivity contribution in [2.45, 2.75) is 13.0 Å².